The maximum atomic E-state index is 12.2. The lowest BCUT2D eigenvalue weighted by atomic mass is 10.0. The van der Waals surface area contributed by atoms with Gasteiger partial charge in [-0.15, -0.1) is 11.8 Å². The van der Waals surface area contributed by atoms with Crippen LogP contribution in [-0.2, 0) is 9.59 Å². The SMILES string of the molecule is CCN(C(=O)CSc1ccc(OC)cc1)C(C)(C)C(=O)O. The number of thioether (sulfide) groups is 1. The van der Waals surface area contributed by atoms with Crippen LogP contribution in [0.1, 0.15) is 20.8 Å². The van der Waals surface area contributed by atoms with Crippen molar-refractivity contribution in [1.29, 1.82) is 0 Å². The maximum Gasteiger partial charge on any atom is 0.329 e. The van der Waals surface area contributed by atoms with Crippen molar-refractivity contribution >= 4 is 23.6 Å². The molecule has 0 aliphatic rings. The molecule has 0 radical (unpaired) electrons. The van der Waals surface area contributed by atoms with Crippen LogP contribution < -0.4 is 4.74 Å². The largest absolute Gasteiger partial charge is 0.497 e. The number of likely N-dealkylation sites (N-methyl/N-ethyl adjacent to an activating group) is 1. The Hall–Kier alpha value is -1.69. The van der Waals surface area contributed by atoms with Crippen LogP contribution in [0, 0.1) is 0 Å². The average Bonchev–Trinajstić information content (AvgIpc) is 2.46. The van der Waals surface area contributed by atoms with E-state index in [1.54, 1.807) is 14.0 Å². The van der Waals surface area contributed by atoms with Crippen molar-refractivity contribution in [1.82, 2.24) is 4.90 Å². The van der Waals surface area contributed by atoms with Gasteiger partial charge in [-0.3, -0.25) is 4.79 Å². The van der Waals surface area contributed by atoms with Crippen molar-refractivity contribution in [2.24, 2.45) is 0 Å². The molecule has 116 valence electrons. The van der Waals surface area contributed by atoms with Gasteiger partial charge in [0.25, 0.3) is 0 Å². The molecule has 0 aliphatic carbocycles. The zero-order valence-electron chi connectivity index (χ0n) is 12.8. The van der Waals surface area contributed by atoms with E-state index < -0.39 is 11.5 Å². The Labute approximate surface area is 129 Å². The van der Waals surface area contributed by atoms with Crippen LogP contribution in [0.15, 0.2) is 29.2 Å². The molecule has 0 saturated heterocycles. The molecular weight excluding hydrogens is 290 g/mol. The molecule has 5 nitrogen and oxygen atoms in total. The van der Waals surface area contributed by atoms with Crippen molar-refractivity contribution in [2.75, 3.05) is 19.4 Å². The number of rotatable bonds is 7. The van der Waals surface area contributed by atoms with E-state index in [2.05, 4.69) is 0 Å². The van der Waals surface area contributed by atoms with E-state index in [1.807, 2.05) is 24.3 Å². The fourth-order valence-corrected chi connectivity index (χ4v) is 2.67. The number of carbonyl (C=O) groups excluding carboxylic acids is 1. The van der Waals surface area contributed by atoms with Crippen LogP contribution in [0.5, 0.6) is 5.75 Å². The van der Waals surface area contributed by atoms with Gasteiger partial charge < -0.3 is 14.7 Å². The van der Waals surface area contributed by atoms with Crippen LogP contribution in [0.4, 0.5) is 0 Å². The van der Waals surface area contributed by atoms with E-state index in [9.17, 15) is 14.7 Å². The smallest absolute Gasteiger partial charge is 0.329 e. The molecule has 1 aromatic rings. The molecular formula is C15H21NO4S. The molecule has 1 amide bonds. The molecule has 6 heteroatoms. The molecule has 0 fully saturated rings. The minimum atomic E-state index is -1.20. The van der Waals surface area contributed by atoms with Crippen LogP contribution >= 0.6 is 11.8 Å². The highest BCUT2D eigenvalue weighted by Gasteiger charge is 2.36. The first-order valence-electron chi connectivity index (χ1n) is 6.63. The van der Waals surface area contributed by atoms with Crippen molar-refractivity contribution in [3.8, 4) is 5.75 Å². The number of methoxy groups -OCH3 is 1. The first-order valence-corrected chi connectivity index (χ1v) is 7.62. The summed E-state index contributed by atoms with van der Waals surface area (Å²) >= 11 is 1.38. The number of nitrogens with zero attached hydrogens (tertiary/aromatic N) is 1. The Morgan fingerprint density at radius 1 is 1.29 bits per heavy atom. The number of amides is 1. The highest BCUT2D eigenvalue weighted by molar-refractivity contribution is 8.00. The summed E-state index contributed by atoms with van der Waals surface area (Å²) in [5.41, 5.74) is -1.20. The molecule has 1 N–H and O–H groups in total. The monoisotopic (exact) mass is 311 g/mol. The van der Waals surface area contributed by atoms with Gasteiger partial charge in [0.1, 0.15) is 11.3 Å². The van der Waals surface area contributed by atoms with E-state index >= 15 is 0 Å². The lowest BCUT2D eigenvalue weighted by Crippen LogP contribution is -2.53. The molecule has 1 rings (SSSR count). The van der Waals surface area contributed by atoms with Gasteiger partial charge in [-0.2, -0.15) is 0 Å². The first kappa shape index (κ1) is 17.4. The summed E-state index contributed by atoms with van der Waals surface area (Å²) in [5, 5.41) is 9.22. The third-order valence-corrected chi connectivity index (χ3v) is 4.23. The second-order valence-electron chi connectivity index (χ2n) is 4.97. The first-order chi connectivity index (χ1) is 9.82. The molecule has 0 spiro atoms. The number of hydrogen-bond acceptors (Lipinski definition) is 4. The lowest BCUT2D eigenvalue weighted by molar-refractivity contribution is -0.155. The topological polar surface area (TPSA) is 66.8 Å². The second kappa shape index (κ2) is 7.36. The van der Waals surface area contributed by atoms with Gasteiger partial charge >= 0.3 is 5.97 Å². The fraction of sp³-hybridized carbons (Fsp3) is 0.467. The molecule has 1 aromatic carbocycles. The Bertz CT molecular complexity index is 499. The normalized spacial score (nSPS) is 11.0. The van der Waals surface area contributed by atoms with Gasteiger partial charge in [0.15, 0.2) is 0 Å². The average molecular weight is 311 g/mol. The van der Waals surface area contributed by atoms with Gasteiger partial charge in [0, 0.05) is 11.4 Å². The number of ether oxygens (including phenoxy) is 1. The van der Waals surface area contributed by atoms with Crippen LogP contribution in [0.2, 0.25) is 0 Å². The Kier molecular flexibility index (Phi) is 6.08. The van der Waals surface area contributed by atoms with Gasteiger partial charge in [-0.05, 0) is 45.0 Å². The maximum absolute atomic E-state index is 12.2. The summed E-state index contributed by atoms with van der Waals surface area (Å²) in [5.74, 6) is -0.234. The number of benzene rings is 1. The lowest BCUT2D eigenvalue weighted by Gasteiger charge is -2.34. The summed E-state index contributed by atoms with van der Waals surface area (Å²) in [6.07, 6.45) is 0. The van der Waals surface area contributed by atoms with E-state index in [0.717, 1.165) is 10.6 Å². The number of carboxylic acid groups (broad SMARTS) is 1. The number of carboxylic acids is 1. The van der Waals surface area contributed by atoms with Gasteiger partial charge in [0.2, 0.25) is 5.91 Å². The number of carbonyl (C=O) groups is 2. The van der Waals surface area contributed by atoms with Crippen LogP contribution in [0.25, 0.3) is 0 Å². The summed E-state index contributed by atoms with van der Waals surface area (Å²) in [4.78, 5) is 25.8. The second-order valence-corrected chi connectivity index (χ2v) is 6.02. The predicted molar refractivity (Wildman–Crippen MR) is 82.8 cm³/mol. The predicted octanol–water partition coefficient (Wildman–Crippen LogP) is 2.50. The van der Waals surface area contributed by atoms with Crippen LogP contribution in [-0.4, -0.2) is 46.8 Å². The summed E-state index contributed by atoms with van der Waals surface area (Å²) in [6, 6.07) is 7.39. The Morgan fingerprint density at radius 2 is 1.86 bits per heavy atom. The Morgan fingerprint density at radius 3 is 2.29 bits per heavy atom. The highest BCUT2D eigenvalue weighted by Crippen LogP contribution is 2.23. The third-order valence-electron chi connectivity index (χ3n) is 3.24. The summed E-state index contributed by atoms with van der Waals surface area (Å²) in [6.45, 7) is 5.21. The zero-order valence-corrected chi connectivity index (χ0v) is 13.6. The number of aliphatic carboxylic acids is 1. The zero-order chi connectivity index (χ0) is 16.0. The summed E-state index contributed by atoms with van der Waals surface area (Å²) < 4.78 is 5.07. The van der Waals surface area contributed by atoms with Crippen LogP contribution in [0.3, 0.4) is 0 Å². The highest BCUT2D eigenvalue weighted by atomic mass is 32.2. The molecule has 21 heavy (non-hydrogen) atoms. The van der Waals surface area contributed by atoms with Crippen molar-refractivity contribution in [2.45, 2.75) is 31.2 Å². The van der Waals surface area contributed by atoms with Gasteiger partial charge in [-0.1, -0.05) is 0 Å². The van der Waals surface area contributed by atoms with Crippen molar-refractivity contribution in [3.05, 3.63) is 24.3 Å². The van der Waals surface area contributed by atoms with E-state index in [4.69, 9.17) is 4.74 Å². The quantitative estimate of drug-likeness (QED) is 0.784. The Balaban J connectivity index is 2.68. The van der Waals surface area contributed by atoms with E-state index in [0.29, 0.717) is 6.54 Å². The van der Waals surface area contributed by atoms with Crippen molar-refractivity contribution < 1.29 is 19.4 Å². The third kappa shape index (κ3) is 4.39. The fourth-order valence-electron chi connectivity index (χ4n) is 1.89. The van der Waals surface area contributed by atoms with Crippen molar-refractivity contribution in [3.63, 3.8) is 0 Å². The minimum absolute atomic E-state index is 0.189. The van der Waals surface area contributed by atoms with Gasteiger partial charge in [0.05, 0.1) is 12.9 Å². The summed E-state index contributed by atoms with van der Waals surface area (Å²) in [7, 11) is 1.60. The van der Waals surface area contributed by atoms with Gasteiger partial charge in [-0.25, -0.2) is 4.79 Å². The van der Waals surface area contributed by atoms with E-state index in [-0.39, 0.29) is 11.7 Å². The molecule has 0 aromatic heterocycles. The molecule has 0 aliphatic heterocycles. The molecule has 0 saturated carbocycles. The molecule has 0 bridgehead atoms. The minimum Gasteiger partial charge on any atom is -0.497 e. The van der Waals surface area contributed by atoms with E-state index in [1.165, 1.54) is 30.5 Å². The number of hydrogen-bond donors (Lipinski definition) is 1. The molecule has 0 heterocycles. The standard InChI is InChI=1S/C15H21NO4S/c1-5-16(15(2,3)14(18)19)13(17)10-21-12-8-6-11(20-4)7-9-12/h6-9H,5,10H2,1-4H3,(H,18,19). The molecule has 0 unspecified atom stereocenters. The molecule has 0 atom stereocenters.